The molecule has 0 amide bonds. The summed E-state index contributed by atoms with van der Waals surface area (Å²) in [5.74, 6) is -0.502. The van der Waals surface area contributed by atoms with Gasteiger partial charge in [0.1, 0.15) is 6.61 Å². The summed E-state index contributed by atoms with van der Waals surface area (Å²) in [4.78, 5) is 0. The summed E-state index contributed by atoms with van der Waals surface area (Å²) in [7, 11) is -10.1. The van der Waals surface area contributed by atoms with Crippen molar-refractivity contribution >= 4 is 20.2 Å². The molecule has 0 radical (unpaired) electrons. The van der Waals surface area contributed by atoms with E-state index in [9.17, 15) is 30.2 Å². The Morgan fingerprint density at radius 3 is 2.12 bits per heavy atom. The molecule has 6 nitrogen and oxygen atoms in total. The van der Waals surface area contributed by atoms with E-state index >= 15 is 0 Å². The van der Waals surface area contributed by atoms with Gasteiger partial charge in [0.25, 0.3) is 10.1 Å². The Bertz CT molecular complexity index is 412. The zero-order valence-corrected chi connectivity index (χ0v) is 9.98. The summed E-state index contributed by atoms with van der Waals surface area (Å²) in [6.45, 7) is -0.308. The summed E-state index contributed by atoms with van der Waals surface area (Å²) >= 11 is 0. The lowest BCUT2D eigenvalue weighted by atomic mass is 10.4. The van der Waals surface area contributed by atoms with E-state index in [1.54, 1.807) is 6.92 Å². The third-order valence-electron chi connectivity index (χ3n) is 1.52. The second-order valence-corrected chi connectivity index (χ2v) is 6.23. The molecular weight excluding hydrogens is 270 g/mol. The second kappa shape index (κ2) is 5.34. The molecule has 0 fully saturated rings. The molecule has 16 heavy (non-hydrogen) atoms. The Labute approximate surface area is 92.5 Å². The Hall–Kier alpha value is -0.320. The first kappa shape index (κ1) is 15.7. The first-order chi connectivity index (χ1) is 7.02. The highest BCUT2D eigenvalue weighted by molar-refractivity contribution is 7.87. The van der Waals surface area contributed by atoms with Crippen LogP contribution < -0.4 is 0 Å². The van der Waals surface area contributed by atoms with Crippen molar-refractivity contribution in [2.75, 3.05) is 12.4 Å². The maximum Gasteiger partial charge on any atom is 0.358 e. The second-order valence-electron chi connectivity index (χ2n) is 2.97. The summed E-state index contributed by atoms with van der Waals surface area (Å²) in [6, 6.07) is 0. The molecule has 0 N–H and O–H groups in total. The van der Waals surface area contributed by atoms with Crippen LogP contribution in [0.5, 0.6) is 0 Å². The zero-order valence-electron chi connectivity index (χ0n) is 8.35. The third kappa shape index (κ3) is 5.14. The number of alkyl halides is 2. The number of hydrogen-bond donors (Lipinski definition) is 0. The Balaban J connectivity index is 4.47. The number of halogens is 2. The van der Waals surface area contributed by atoms with Crippen molar-refractivity contribution in [2.24, 2.45) is 0 Å². The minimum absolute atomic E-state index is 0.192. The lowest BCUT2D eigenvalue weighted by Crippen LogP contribution is -2.35. The molecule has 98 valence electrons. The van der Waals surface area contributed by atoms with Crippen molar-refractivity contribution in [3.63, 3.8) is 0 Å². The van der Waals surface area contributed by atoms with E-state index in [-0.39, 0.29) is 6.42 Å². The van der Waals surface area contributed by atoms with Gasteiger partial charge in [0.05, 0.1) is 5.75 Å². The van der Waals surface area contributed by atoms with Crippen molar-refractivity contribution in [1.29, 1.82) is 0 Å². The SMILES string of the molecule is CCCCS(=O)(=O)OCC(F)(F)S(=O)(=O)[O-]. The minimum Gasteiger partial charge on any atom is -0.743 e. The van der Waals surface area contributed by atoms with Gasteiger partial charge in [-0.15, -0.1) is 0 Å². The zero-order chi connectivity index (χ0) is 13.0. The monoisotopic (exact) mass is 281 g/mol. The molecule has 0 aliphatic heterocycles. The van der Waals surface area contributed by atoms with Gasteiger partial charge in [-0.1, -0.05) is 13.3 Å². The van der Waals surface area contributed by atoms with E-state index in [4.69, 9.17) is 0 Å². The Kier molecular flexibility index (Phi) is 5.23. The van der Waals surface area contributed by atoms with Crippen LogP contribution in [0.25, 0.3) is 0 Å². The standard InChI is InChI=1S/C6H12F2O6S2/c1-2-3-4-15(9,10)14-5-6(7,8)16(11,12)13/h2-5H2,1H3,(H,11,12,13)/p-1. The van der Waals surface area contributed by atoms with Gasteiger partial charge in [-0.3, -0.25) is 4.18 Å². The maximum atomic E-state index is 12.5. The smallest absolute Gasteiger partial charge is 0.358 e. The average Bonchev–Trinajstić information content (AvgIpc) is 2.10. The normalized spacial score (nSPS) is 14.0. The van der Waals surface area contributed by atoms with E-state index in [0.717, 1.165) is 0 Å². The highest BCUT2D eigenvalue weighted by atomic mass is 32.2. The average molecular weight is 281 g/mol. The summed E-state index contributed by atoms with van der Waals surface area (Å²) in [6.07, 6.45) is 0.691. The Morgan fingerprint density at radius 2 is 1.75 bits per heavy atom. The van der Waals surface area contributed by atoms with Crippen LogP contribution in [0.15, 0.2) is 0 Å². The summed E-state index contributed by atoms with van der Waals surface area (Å²) < 4.78 is 80.6. The third-order valence-corrected chi connectivity index (χ3v) is 3.64. The largest absolute Gasteiger partial charge is 0.743 e. The van der Waals surface area contributed by atoms with Gasteiger partial charge in [-0.2, -0.15) is 17.2 Å². The quantitative estimate of drug-likeness (QED) is 0.490. The van der Waals surface area contributed by atoms with Gasteiger partial charge in [0.15, 0.2) is 10.1 Å². The molecule has 0 aromatic carbocycles. The summed E-state index contributed by atoms with van der Waals surface area (Å²) in [5.41, 5.74) is 0. The van der Waals surface area contributed by atoms with Gasteiger partial charge in [0.2, 0.25) is 0 Å². The van der Waals surface area contributed by atoms with Crippen LogP contribution in [0.2, 0.25) is 0 Å². The van der Waals surface area contributed by atoms with Crippen LogP contribution in [-0.4, -0.2) is 39.0 Å². The molecular formula is C6H11F2O6S2-. The predicted octanol–water partition coefficient (Wildman–Crippen LogP) is 0.271. The molecule has 0 aromatic heterocycles. The topological polar surface area (TPSA) is 101 Å². The number of hydrogen-bond acceptors (Lipinski definition) is 6. The van der Waals surface area contributed by atoms with E-state index in [0.29, 0.717) is 6.42 Å². The molecule has 0 unspecified atom stereocenters. The molecule has 0 aliphatic rings. The molecule has 0 atom stereocenters. The lowest BCUT2D eigenvalue weighted by Gasteiger charge is -2.19. The van der Waals surface area contributed by atoms with Gasteiger partial charge in [-0.05, 0) is 6.42 Å². The minimum atomic E-state index is -5.92. The molecule has 0 bridgehead atoms. The fourth-order valence-corrected chi connectivity index (χ4v) is 1.98. The van der Waals surface area contributed by atoms with E-state index in [1.165, 1.54) is 0 Å². The highest BCUT2D eigenvalue weighted by Gasteiger charge is 2.39. The van der Waals surface area contributed by atoms with E-state index < -0.39 is 37.9 Å². The molecule has 0 aromatic rings. The van der Waals surface area contributed by atoms with Crippen molar-refractivity contribution in [2.45, 2.75) is 25.0 Å². The van der Waals surface area contributed by atoms with Crippen molar-refractivity contribution in [3.05, 3.63) is 0 Å². The molecule has 0 saturated heterocycles. The lowest BCUT2D eigenvalue weighted by molar-refractivity contribution is 0.0303. The van der Waals surface area contributed by atoms with Crippen LogP contribution in [0.4, 0.5) is 8.78 Å². The number of unbranched alkanes of at least 4 members (excludes halogenated alkanes) is 1. The van der Waals surface area contributed by atoms with Crippen LogP contribution in [-0.2, 0) is 24.4 Å². The molecule has 0 saturated carbocycles. The van der Waals surface area contributed by atoms with Crippen LogP contribution in [0.1, 0.15) is 19.8 Å². The van der Waals surface area contributed by atoms with Gasteiger partial charge in [0, 0.05) is 0 Å². The number of rotatable bonds is 7. The van der Waals surface area contributed by atoms with Gasteiger partial charge >= 0.3 is 5.25 Å². The Morgan fingerprint density at radius 1 is 1.25 bits per heavy atom. The van der Waals surface area contributed by atoms with Crippen LogP contribution in [0.3, 0.4) is 0 Å². The molecule has 0 aliphatic carbocycles. The molecule has 0 spiro atoms. The van der Waals surface area contributed by atoms with Crippen molar-refractivity contribution in [3.8, 4) is 0 Å². The highest BCUT2D eigenvalue weighted by Crippen LogP contribution is 2.21. The van der Waals surface area contributed by atoms with Gasteiger partial charge in [-0.25, -0.2) is 8.42 Å². The first-order valence-electron chi connectivity index (χ1n) is 4.22. The first-order valence-corrected chi connectivity index (χ1v) is 7.21. The maximum absolute atomic E-state index is 12.5. The van der Waals surface area contributed by atoms with Gasteiger partial charge < -0.3 is 4.55 Å². The van der Waals surface area contributed by atoms with E-state index in [1.807, 2.05) is 0 Å². The van der Waals surface area contributed by atoms with E-state index in [2.05, 4.69) is 4.18 Å². The summed E-state index contributed by atoms with van der Waals surface area (Å²) in [5, 5.41) is -4.74. The van der Waals surface area contributed by atoms with Crippen molar-refractivity contribution < 1.29 is 34.4 Å². The molecule has 0 heterocycles. The van der Waals surface area contributed by atoms with Crippen molar-refractivity contribution in [1.82, 2.24) is 0 Å². The predicted molar refractivity (Wildman–Crippen MR) is 49.3 cm³/mol. The molecule has 0 rings (SSSR count). The fourth-order valence-electron chi connectivity index (χ4n) is 0.611. The fraction of sp³-hybridized carbons (Fsp3) is 1.00. The van der Waals surface area contributed by atoms with Crippen LogP contribution >= 0.6 is 0 Å². The molecule has 10 heteroatoms. The van der Waals surface area contributed by atoms with Crippen LogP contribution in [0, 0.1) is 0 Å².